The zero-order valence-corrected chi connectivity index (χ0v) is 42.6. The number of carbonyl (C=O) groups is 3. The molecular weight excluding hydrogens is 781 g/mol. The first-order valence-electron chi connectivity index (χ1n) is 28.2. The van der Waals surface area contributed by atoms with Crippen LogP contribution in [0.1, 0.15) is 316 Å². The van der Waals surface area contributed by atoms with Gasteiger partial charge in [0.25, 0.3) is 0 Å². The van der Waals surface area contributed by atoms with Gasteiger partial charge in [0.05, 0.1) is 0 Å². The Morgan fingerprint density at radius 1 is 0.302 bits per heavy atom. The summed E-state index contributed by atoms with van der Waals surface area (Å²) in [4.78, 5) is 38.1. The van der Waals surface area contributed by atoms with Crippen LogP contribution in [0.15, 0.2) is 12.2 Å². The number of hydrogen-bond donors (Lipinski definition) is 0. The van der Waals surface area contributed by atoms with Crippen LogP contribution in [0.2, 0.25) is 0 Å². The number of esters is 3. The largest absolute Gasteiger partial charge is 0.462 e. The van der Waals surface area contributed by atoms with Gasteiger partial charge in [-0.3, -0.25) is 14.4 Å². The van der Waals surface area contributed by atoms with E-state index in [0.717, 1.165) is 64.2 Å². The van der Waals surface area contributed by atoms with Crippen molar-refractivity contribution in [1.82, 2.24) is 0 Å². The van der Waals surface area contributed by atoms with Crippen LogP contribution >= 0.6 is 0 Å². The number of ether oxygens (including phenoxy) is 3. The molecule has 1 unspecified atom stereocenters. The first-order chi connectivity index (χ1) is 31.0. The molecule has 1 atom stereocenters. The molecule has 0 heterocycles. The third kappa shape index (κ3) is 51.0. The summed E-state index contributed by atoms with van der Waals surface area (Å²) in [5.74, 6) is -0.853. The van der Waals surface area contributed by atoms with Crippen LogP contribution in [-0.2, 0) is 28.6 Å². The lowest BCUT2D eigenvalue weighted by molar-refractivity contribution is -0.167. The van der Waals surface area contributed by atoms with Crippen molar-refractivity contribution < 1.29 is 28.6 Å². The Bertz CT molecular complexity index is 978. The van der Waals surface area contributed by atoms with Crippen molar-refractivity contribution >= 4 is 17.9 Å². The monoisotopic (exact) mass is 889 g/mol. The lowest BCUT2D eigenvalue weighted by atomic mass is 10.0. The standard InChI is InChI=1S/C57H108O6/c1-4-7-10-13-16-19-22-25-27-28-30-33-35-38-41-44-47-50-56(59)62-53-54(63-57(60)51-48-45-42-39-36-31-24-21-18-15-12-9-6-3)52-61-55(58)49-46-43-40-37-34-32-29-26-23-20-17-14-11-8-5-2/h26,29,54H,4-25,27-28,30-53H2,1-3H3/b29-26-. The molecule has 0 saturated heterocycles. The minimum Gasteiger partial charge on any atom is -0.462 e. The summed E-state index contributed by atoms with van der Waals surface area (Å²) in [7, 11) is 0. The van der Waals surface area contributed by atoms with Gasteiger partial charge in [0, 0.05) is 19.3 Å². The lowest BCUT2D eigenvalue weighted by Gasteiger charge is -2.18. The van der Waals surface area contributed by atoms with Crippen molar-refractivity contribution in [3.8, 4) is 0 Å². The molecule has 0 aliphatic rings. The fourth-order valence-electron chi connectivity index (χ4n) is 8.50. The predicted molar refractivity (Wildman–Crippen MR) is 270 cm³/mol. The average Bonchev–Trinajstić information content (AvgIpc) is 3.28. The maximum Gasteiger partial charge on any atom is 0.306 e. The van der Waals surface area contributed by atoms with E-state index in [1.807, 2.05) is 0 Å². The van der Waals surface area contributed by atoms with Gasteiger partial charge in [0.1, 0.15) is 13.2 Å². The second-order valence-electron chi connectivity index (χ2n) is 19.2. The number of carbonyl (C=O) groups excluding carboxylic acids is 3. The zero-order chi connectivity index (χ0) is 45.8. The van der Waals surface area contributed by atoms with Crippen LogP contribution < -0.4 is 0 Å². The van der Waals surface area contributed by atoms with E-state index in [1.54, 1.807) is 0 Å². The normalized spacial score (nSPS) is 12.0. The Balaban J connectivity index is 4.31. The van der Waals surface area contributed by atoms with Crippen LogP contribution in [0.4, 0.5) is 0 Å². The topological polar surface area (TPSA) is 78.9 Å². The van der Waals surface area contributed by atoms with Gasteiger partial charge < -0.3 is 14.2 Å². The summed E-state index contributed by atoms with van der Waals surface area (Å²) in [6, 6.07) is 0. The second-order valence-corrected chi connectivity index (χ2v) is 19.2. The minimum atomic E-state index is -0.767. The number of rotatable bonds is 52. The highest BCUT2D eigenvalue weighted by Crippen LogP contribution is 2.17. The molecule has 0 aromatic carbocycles. The molecule has 0 rings (SSSR count). The van der Waals surface area contributed by atoms with Gasteiger partial charge in [0.15, 0.2) is 6.10 Å². The zero-order valence-electron chi connectivity index (χ0n) is 42.6. The van der Waals surface area contributed by atoms with E-state index in [9.17, 15) is 14.4 Å². The fraction of sp³-hybridized carbons (Fsp3) is 0.912. The maximum absolute atomic E-state index is 12.8. The molecule has 0 N–H and O–H groups in total. The third-order valence-electron chi connectivity index (χ3n) is 12.8. The van der Waals surface area contributed by atoms with E-state index in [1.165, 1.54) is 212 Å². The second kappa shape index (κ2) is 52.8. The molecule has 0 aromatic rings. The van der Waals surface area contributed by atoms with E-state index >= 15 is 0 Å². The quantitative estimate of drug-likeness (QED) is 0.0262. The number of unbranched alkanes of at least 4 members (excludes halogenated alkanes) is 39. The smallest absolute Gasteiger partial charge is 0.306 e. The van der Waals surface area contributed by atoms with E-state index < -0.39 is 6.10 Å². The molecular formula is C57H108O6. The van der Waals surface area contributed by atoms with Gasteiger partial charge in [0.2, 0.25) is 0 Å². The van der Waals surface area contributed by atoms with Crippen LogP contribution in [0.5, 0.6) is 0 Å². The van der Waals surface area contributed by atoms with Crippen molar-refractivity contribution in [1.29, 1.82) is 0 Å². The molecule has 0 aromatic heterocycles. The highest BCUT2D eigenvalue weighted by Gasteiger charge is 2.19. The van der Waals surface area contributed by atoms with Gasteiger partial charge in [-0.1, -0.05) is 264 Å². The molecule has 0 aliphatic carbocycles. The highest BCUT2D eigenvalue weighted by atomic mass is 16.6. The Hall–Kier alpha value is -1.85. The van der Waals surface area contributed by atoms with Gasteiger partial charge >= 0.3 is 17.9 Å². The molecule has 0 radical (unpaired) electrons. The average molecular weight is 889 g/mol. The Labute approximate surface area is 392 Å². The number of allylic oxidation sites excluding steroid dienone is 2. The van der Waals surface area contributed by atoms with Crippen molar-refractivity contribution in [2.75, 3.05) is 13.2 Å². The van der Waals surface area contributed by atoms with E-state index in [2.05, 4.69) is 32.9 Å². The molecule has 0 spiro atoms. The number of hydrogen-bond acceptors (Lipinski definition) is 6. The lowest BCUT2D eigenvalue weighted by Crippen LogP contribution is -2.30. The van der Waals surface area contributed by atoms with Gasteiger partial charge in [-0.15, -0.1) is 0 Å². The molecule has 6 nitrogen and oxygen atoms in total. The molecule has 372 valence electrons. The summed E-state index contributed by atoms with van der Waals surface area (Å²) >= 11 is 0. The fourth-order valence-corrected chi connectivity index (χ4v) is 8.50. The molecule has 0 aliphatic heterocycles. The highest BCUT2D eigenvalue weighted by molar-refractivity contribution is 5.71. The van der Waals surface area contributed by atoms with Gasteiger partial charge in [-0.25, -0.2) is 0 Å². The van der Waals surface area contributed by atoms with Gasteiger partial charge in [-0.2, -0.15) is 0 Å². The molecule has 0 amide bonds. The van der Waals surface area contributed by atoms with Crippen molar-refractivity contribution in [2.24, 2.45) is 0 Å². The molecule has 0 fully saturated rings. The van der Waals surface area contributed by atoms with Gasteiger partial charge in [-0.05, 0) is 44.9 Å². The molecule has 6 heteroatoms. The van der Waals surface area contributed by atoms with Crippen LogP contribution in [-0.4, -0.2) is 37.2 Å². The Morgan fingerprint density at radius 3 is 0.794 bits per heavy atom. The van der Waals surface area contributed by atoms with Crippen LogP contribution in [0, 0.1) is 0 Å². The van der Waals surface area contributed by atoms with E-state index in [-0.39, 0.29) is 31.1 Å². The predicted octanol–water partition coefficient (Wildman–Crippen LogP) is 18.5. The summed E-state index contributed by atoms with van der Waals surface area (Å²) < 4.78 is 16.9. The van der Waals surface area contributed by atoms with Crippen LogP contribution in [0.25, 0.3) is 0 Å². The molecule has 0 saturated carbocycles. The first kappa shape index (κ1) is 61.1. The van der Waals surface area contributed by atoms with E-state index in [4.69, 9.17) is 14.2 Å². The Kier molecular flexibility index (Phi) is 51.2. The van der Waals surface area contributed by atoms with Crippen molar-refractivity contribution in [3.05, 3.63) is 12.2 Å². The summed E-state index contributed by atoms with van der Waals surface area (Å²) in [5.41, 5.74) is 0. The van der Waals surface area contributed by atoms with E-state index in [0.29, 0.717) is 19.3 Å². The maximum atomic E-state index is 12.8. The summed E-state index contributed by atoms with van der Waals surface area (Å²) in [6.07, 6.45) is 59.1. The first-order valence-corrected chi connectivity index (χ1v) is 28.2. The SMILES string of the molecule is CCCCCCCC/C=C\CCCCCCCC(=O)OCC(COC(=O)CCCCCCCCCCCCCCCCCCC)OC(=O)CCCCCCCCCCCCCCC. The summed E-state index contributed by atoms with van der Waals surface area (Å²) in [5, 5.41) is 0. The molecule has 63 heavy (non-hydrogen) atoms. The summed E-state index contributed by atoms with van der Waals surface area (Å²) in [6.45, 7) is 6.68. The Morgan fingerprint density at radius 2 is 0.524 bits per heavy atom. The van der Waals surface area contributed by atoms with Crippen molar-refractivity contribution in [2.45, 2.75) is 322 Å². The minimum absolute atomic E-state index is 0.0666. The molecule has 0 bridgehead atoms. The van der Waals surface area contributed by atoms with Crippen molar-refractivity contribution in [3.63, 3.8) is 0 Å². The third-order valence-corrected chi connectivity index (χ3v) is 12.8. The van der Waals surface area contributed by atoms with Crippen LogP contribution in [0.3, 0.4) is 0 Å².